The minimum absolute atomic E-state index is 0.332. The number of amides is 4. The number of aromatic nitrogens is 2. The van der Waals surface area contributed by atoms with E-state index in [9.17, 15) is 9.59 Å². The second kappa shape index (κ2) is 9.47. The first kappa shape index (κ1) is 22.7. The van der Waals surface area contributed by atoms with E-state index in [1.165, 1.54) is 0 Å². The van der Waals surface area contributed by atoms with Gasteiger partial charge in [-0.1, -0.05) is 24.3 Å². The Morgan fingerprint density at radius 2 is 1.12 bits per heavy atom. The number of urea groups is 2. The molecule has 0 aliphatic carbocycles. The van der Waals surface area contributed by atoms with Gasteiger partial charge in [-0.15, -0.1) is 0 Å². The molecule has 0 spiro atoms. The number of nitrogens with zero attached hydrogens (tertiary/aromatic N) is 2. The van der Waals surface area contributed by atoms with E-state index in [1.54, 1.807) is 49.1 Å². The summed E-state index contributed by atoms with van der Waals surface area (Å²) < 4.78 is 0. The quantitative estimate of drug-likeness (QED) is 0.457. The van der Waals surface area contributed by atoms with Crippen LogP contribution < -0.4 is 21.3 Å². The van der Waals surface area contributed by atoms with Crippen LogP contribution in [-0.4, -0.2) is 22.0 Å². The van der Waals surface area contributed by atoms with E-state index in [4.69, 9.17) is 0 Å². The standard InChI is InChI=1S/C24H28N6O2/c1-23(2,29-21(31)27-19-10-6-12-25-15-19)17-8-5-9-18(14-17)24(3,4)30-22(32)28-20-11-7-13-26-16-20/h5-16H,1-4H3,(H2,27,29,31)(H2,28,30,32). The van der Waals surface area contributed by atoms with Crippen LogP contribution in [0.1, 0.15) is 38.8 Å². The number of nitrogens with one attached hydrogen (secondary N) is 4. The maximum Gasteiger partial charge on any atom is 0.319 e. The van der Waals surface area contributed by atoms with Gasteiger partial charge in [-0.2, -0.15) is 0 Å². The zero-order valence-corrected chi connectivity index (χ0v) is 18.6. The molecule has 3 rings (SSSR count). The fourth-order valence-electron chi connectivity index (χ4n) is 3.21. The molecule has 2 aromatic heterocycles. The van der Waals surface area contributed by atoms with Crippen molar-refractivity contribution in [2.75, 3.05) is 10.6 Å². The molecular formula is C24H28N6O2. The molecule has 0 atom stereocenters. The van der Waals surface area contributed by atoms with Crippen LogP contribution in [0.2, 0.25) is 0 Å². The summed E-state index contributed by atoms with van der Waals surface area (Å²) >= 11 is 0. The summed E-state index contributed by atoms with van der Waals surface area (Å²) in [5, 5.41) is 11.5. The molecule has 0 aliphatic rings. The lowest BCUT2D eigenvalue weighted by atomic mass is 9.87. The molecule has 2 heterocycles. The summed E-state index contributed by atoms with van der Waals surface area (Å²) in [6.07, 6.45) is 6.45. The van der Waals surface area contributed by atoms with Gasteiger partial charge in [-0.25, -0.2) is 9.59 Å². The van der Waals surface area contributed by atoms with Crippen molar-refractivity contribution in [2.24, 2.45) is 0 Å². The summed E-state index contributed by atoms with van der Waals surface area (Å²) in [6.45, 7) is 7.68. The maximum absolute atomic E-state index is 12.5. The zero-order chi connectivity index (χ0) is 23.2. The van der Waals surface area contributed by atoms with Crippen LogP contribution in [0, 0.1) is 0 Å². The first-order valence-electron chi connectivity index (χ1n) is 10.3. The molecule has 8 nitrogen and oxygen atoms in total. The third-order valence-corrected chi connectivity index (χ3v) is 5.00. The van der Waals surface area contributed by atoms with Gasteiger partial charge in [0.25, 0.3) is 0 Å². The smallest absolute Gasteiger partial charge is 0.319 e. The van der Waals surface area contributed by atoms with Gasteiger partial charge in [0.1, 0.15) is 0 Å². The molecule has 1 aromatic carbocycles. The van der Waals surface area contributed by atoms with Crippen LogP contribution >= 0.6 is 0 Å². The van der Waals surface area contributed by atoms with E-state index in [-0.39, 0.29) is 12.1 Å². The number of pyridine rings is 2. The summed E-state index contributed by atoms with van der Waals surface area (Å²) in [7, 11) is 0. The number of rotatable bonds is 6. The molecule has 3 aromatic rings. The lowest BCUT2D eigenvalue weighted by Gasteiger charge is -2.31. The van der Waals surface area contributed by atoms with E-state index < -0.39 is 11.1 Å². The first-order valence-corrected chi connectivity index (χ1v) is 10.3. The van der Waals surface area contributed by atoms with Crippen LogP contribution in [0.25, 0.3) is 0 Å². The van der Waals surface area contributed by atoms with Crippen molar-refractivity contribution in [1.29, 1.82) is 0 Å². The Morgan fingerprint density at radius 3 is 1.50 bits per heavy atom. The highest BCUT2D eigenvalue weighted by Gasteiger charge is 2.27. The van der Waals surface area contributed by atoms with Crippen molar-refractivity contribution < 1.29 is 9.59 Å². The molecule has 32 heavy (non-hydrogen) atoms. The number of hydrogen-bond donors (Lipinski definition) is 4. The van der Waals surface area contributed by atoms with Gasteiger partial charge in [0.05, 0.1) is 34.8 Å². The Balaban J connectivity index is 1.69. The Hall–Kier alpha value is -3.94. The van der Waals surface area contributed by atoms with Crippen LogP contribution in [0.5, 0.6) is 0 Å². The largest absolute Gasteiger partial charge is 0.329 e. The average molecular weight is 433 g/mol. The predicted molar refractivity (Wildman–Crippen MR) is 125 cm³/mol. The molecule has 0 saturated heterocycles. The highest BCUT2D eigenvalue weighted by atomic mass is 16.2. The molecule has 166 valence electrons. The van der Waals surface area contributed by atoms with Crippen molar-refractivity contribution in [3.63, 3.8) is 0 Å². The van der Waals surface area contributed by atoms with E-state index in [0.29, 0.717) is 11.4 Å². The molecule has 8 heteroatoms. The highest BCUT2D eigenvalue weighted by molar-refractivity contribution is 5.90. The number of carbonyl (C=O) groups is 2. The Kier molecular flexibility index (Phi) is 6.73. The zero-order valence-electron chi connectivity index (χ0n) is 18.6. The van der Waals surface area contributed by atoms with Gasteiger partial charge >= 0.3 is 12.1 Å². The lowest BCUT2D eigenvalue weighted by molar-refractivity contribution is 0.241. The van der Waals surface area contributed by atoms with Gasteiger partial charge in [-0.3, -0.25) is 9.97 Å². The summed E-state index contributed by atoms with van der Waals surface area (Å²) in [5.74, 6) is 0. The topological polar surface area (TPSA) is 108 Å². The molecule has 4 amide bonds. The van der Waals surface area contributed by atoms with E-state index in [0.717, 1.165) is 11.1 Å². The second-order valence-corrected chi connectivity index (χ2v) is 8.47. The minimum atomic E-state index is -0.656. The summed E-state index contributed by atoms with van der Waals surface area (Å²) in [5.41, 5.74) is 1.71. The molecule has 4 N–H and O–H groups in total. The molecule has 0 aliphatic heterocycles. The average Bonchev–Trinajstić information content (AvgIpc) is 2.74. The molecule has 0 fully saturated rings. The van der Waals surface area contributed by atoms with Gasteiger partial charge in [0, 0.05) is 12.4 Å². The number of anilines is 2. The lowest BCUT2D eigenvalue weighted by Crippen LogP contribution is -2.45. The molecular weight excluding hydrogens is 404 g/mol. The molecule has 0 bridgehead atoms. The molecule has 0 saturated carbocycles. The van der Waals surface area contributed by atoms with Crippen LogP contribution in [-0.2, 0) is 11.1 Å². The number of benzene rings is 1. The van der Waals surface area contributed by atoms with Crippen LogP contribution in [0.3, 0.4) is 0 Å². The normalized spacial score (nSPS) is 11.4. The Labute approximate surface area is 187 Å². The summed E-state index contributed by atoms with van der Waals surface area (Å²) in [6, 6.07) is 14.2. The van der Waals surface area contributed by atoms with Crippen molar-refractivity contribution in [1.82, 2.24) is 20.6 Å². The number of carbonyl (C=O) groups excluding carboxylic acids is 2. The van der Waals surface area contributed by atoms with Crippen molar-refractivity contribution >= 4 is 23.4 Å². The minimum Gasteiger partial charge on any atom is -0.329 e. The van der Waals surface area contributed by atoms with Crippen molar-refractivity contribution in [2.45, 2.75) is 38.8 Å². The first-order chi connectivity index (χ1) is 15.2. The van der Waals surface area contributed by atoms with Crippen LogP contribution in [0.15, 0.2) is 73.3 Å². The van der Waals surface area contributed by atoms with Gasteiger partial charge in [0.2, 0.25) is 0 Å². The van der Waals surface area contributed by atoms with Crippen LogP contribution in [0.4, 0.5) is 21.0 Å². The highest BCUT2D eigenvalue weighted by Crippen LogP contribution is 2.27. The van der Waals surface area contributed by atoms with Crippen molar-refractivity contribution in [3.8, 4) is 0 Å². The molecule has 0 radical (unpaired) electrons. The number of hydrogen-bond acceptors (Lipinski definition) is 4. The molecule has 0 unspecified atom stereocenters. The van der Waals surface area contributed by atoms with E-state index in [1.807, 2.05) is 52.0 Å². The SMILES string of the molecule is CC(C)(NC(=O)Nc1cccnc1)c1cccc(C(C)(C)NC(=O)Nc2cccnc2)c1. The Morgan fingerprint density at radius 1 is 0.688 bits per heavy atom. The Bertz CT molecular complexity index is 985. The van der Waals surface area contributed by atoms with Gasteiger partial charge in [0.15, 0.2) is 0 Å². The fourth-order valence-corrected chi connectivity index (χ4v) is 3.21. The third kappa shape index (κ3) is 6.04. The van der Waals surface area contributed by atoms with Gasteiger partial charge < -0.3 is 21.3 Å². The second-order valence-electron chi connectivity index (χ2n) is 8.47. The van der Waals surface area contributed by atoms with Crippen molar-refractivity contribution in [3.05, 3.63) is 84.4 Å². The third-order valence-electron chi connectivity index (χ3n) is 5.00. The fraction of sp³-hybridized carbons (Fsp3) is 0.250. The van der Waals surface area contributed by atoms with E-state index in [2.05, 4.69) is 31.2 Å². The maximum atomic E-state index is 12.5. The van der Waals surface area contributed by atoms with Gasteiger partial charge in [-0.05, 0) is 63.1 Å². The summed E-state index contributed by atoms with van der Waals surface area (Å²) in [4.78, 5) is 33.0. The van der Waals surface area contributed by atoms with E-state index >= 15 is 0 Å². The monoisotopic (exact) mass is 432 g/mol. The predicted octanol–water partition coefficient (Wildman–Crippen LogP) is 4.59.